The van der Waals surface area contributed by atoms with Gasteiger partial charge in [0.15, 0.2) is 0 Å². The van der Waals surface area contributed by atoms with Crippen molar-refractivity contribution in [3.8, 4) is 5.75 Å². The van der Waals surface area contributed by atoms with E-state index >= 15 is 0 Å². The molecule has 1 amide bonds. The van der Waals surface area contributed by atoms with Crippen LogP contribution in [0, 0.1) is 5.41 Å². The molecule has 19 heavy (non-hydrogen) atoms. The molecule has 0 aliphatic rings. The topological polar surface area (TPSA) is 75.6 Å². The third-order valence-electron chi connectivity index (χ3n) is 2.78. The smallest absolute Gasteiger partial charge is 0.318 e. The molecule has 0 heterocycles. The Bertz CT molecular complexity index is 499. The van der Waals surface area contributed by atoms with E-state index in [1.54, 1.807) is 6.07 Å². The van der Waals surface area contributed by atoms with Crippen LogP contribution in [-0.4, -0.2) is 24.1 Å². The quantitative estimate of drug-likeness (QED) is 0.812. The van der Waals surface area contributed by atoms with E-state index in [1.807, 2.05) is 12.1 Å². The third kappa shape index (κ3) is 3.70. The van der Waals surface area contributed by atoms with Crippen molar-refractivity contribution >= 4 is 27.8 Å². The van der Waals surface area contributed by atoms with E-state index in [0.29, 0.717) is 5.75 Å². The average molecular weight is 330 g/mol. The van der Waals surface area contributed by atoms with Crippen molar-refractivity contribution in [3.63, 3.8) is 0 Å². The molecule has 104 valence electrons. The van der Waals surface area contributed by atoms with E-state index in [2.05, 4.69) is 21.2 Å². The lowest BCUT2D eigenvalue weighted by Crippen LogP contribution is -2.42. The maximum atomic E-state index is 11.8. The molecule has 1 aromatic carbocycles. The summed E-state index contributed by atoms with van der Waals surface area (Å²) in [5.41, 5.74) is -0.689. The van der Waals surface area contributed by atoms with Crippen molar-refractivity contribution in [1.29, 1.82) is 0 Å². The van der Waals surface area contributed by atoms with Crippen LogP contribution >= 0.6 is 15.9 Å². The van der Waals surface area contributed by atoms with Gasteiger partial charge in [-0.1, -0.05) is 15.9 Å². The molecule has 0 atom stereocenters. The summed E-state index contributed by atoms with van der Waals surface area (Å²) in [6.45, 7) is 2.93. The number of amides is 1. The van der Waals surface area contributed by atoms with Crippen molar-refractivity contribution in [3.05, 3.63) is 28.2 Å². The lowest BCUT2D eigenvalue weighted by Gasteiger charge is -2.19. The van der Waals surface area contributed by atoms with Crippen molar-refractivity contribution in [1.82, 2.24) is 5.32 Å². The fourth-order valence-corrected chi connectivity index (χ4v) is 1.79. The second-order valence-electron chi connectivity index (χ2n) is 4.57. The molecule has 0 aliphatic heterocycles. The average Bonchev–Trinajstić information content (AvgIpc) is 2.35. The Hall–Kier alpha value is -1.56. The molecule has 0 radical (unpaired) electrons. The summed E-state index contributed by atoms with van der Waals surface area (Å²) in [5, 5.41) is 11.6. The van der Waals surface area contributed by atoms with Gasteiger partial charge in [0.05, 0.1) is 7.11 Å². The lowest BCUT2D eigenvalue weighted by molar-refractivity contribution is -0.153. The molecule has 2 N–H and O–H groups in total. The number of carbonyl (C=O) groups excluding carboxylic acids is 1. The first kappa shape index (κ1) is 15.5. The standard InChI is InChI=1S/C13H16BrNO4/c1-13(2,12(17)18)11(16)15-7-8-6-9(14)4-5-10(8)19-3/h4-6H,7H2,1-3H3,(H,15,16)(H,17,18). The molecule has 1 rings (SSSR count). The monoisotopic (exact) mass is 329 g/mol. The Kier molecular flexibility index (Phi) is 4.94. The second-order valence-corrected chi connectivity index (χ2v) is 5.48. The van der Waals surface area contributed by atoms with Gasteiger partial charge in [0, 0.05) is 16.6 Å². The van der Waals surface area contributed by atoms with E-state index < -0.39 is 17.3 Å². The number of hydrogen-bond acceptors (Lipinski definition) is 3. The molecule has 0 aliphatic carbocycles. The molecule has 0 spiro atoms. The number of carboxylic acid groups (broad SMARTS) is 1. The number of methoxy groups -OCH3 is 1. The van der Waals surface area contributed by atoms with Crippen molar-refractivity contribution in [2.24, 2.45) is 5.41 Å². The van der Waals surface area contributed by atoms with Crippen LogP contribution in [0.1, 0.15) is 19.4 Å². The summed E-state index contributed by atoms with van der Waals surface area (Å²) >= 11 is 3.33. The molecule has 1 aromatic rings. The molecular formula is C13H16BrNO4. The number of carboxylic acids is 1. The van der Waals surface area contributed by atoms with Crippen LogP contribution in [0.3, 0.4) is 0 Å². The number of halogens is 1. The van der Waals surface area contributed by atoms with Gasteiger partial charge in [-0.25, -0.2) is 0 Å². The minimum atomic E-state index is -1.46. The summed E-state index contributed by atoms with van der Waals surface area (Å²) in [7, 11) is 1.54. The van der Waals surface area contributed by atoms with Gasteiger partial charge in [-0.3, -0.25) is 9.59 Å². The van der Waals surface area contributed by atoms with Crippen molar-refractivity contribution < 1.29 is 19.4 Å². The van der Waals surface area contributed by atoms with Crippen molar-refractivity contribution in [2.75, 3.05) is 7.11 Å². The van der Waals surface area contributed by atoms with Gasteiger partial charge in [0.2, 0.25) is 5.91 Å². The number of carbonyl (C=O) groups is 2. The van der Waals surface area contributed by atoms with E-state index in [0.717, 1.165) is 10.0 Å². The van der Waals surface area contributed by atoms with Crippen LogP contribution in [-0.2, 0) is 16.1 Å². The Balaban J connectivity index is 2.80. The van der Waals surface area contributed by atoms with Gasteiger partial charge in [0.1, 0.15) is 11.2 Å². The molecule has 0 unspecified atom stereocenters. The summed E-state index contributed by atoms with van der Waals surface area (Å²) in [5.74, 6) is -1.06. The minimum Gasteiger partial charge on any atom is -0.496 e. The molecule has 0 aromatic heterocycles. The zero-order valence-corrected chi connectivity index (χ0v) is 12.6. The van der Waals surface area contributed by atoms with E-state index in [9.17, 15) is 9.59 Å². The van der Waals surface area contributed by atoms with Gasteiger partial charge in [-0.05, 0) is 32.0 Å². The predicted octanol–water partition coefficient (Wildman–Crippen LogP) is 2.18. The summed E-state index contributed by atoms with van der Waals surface area (Å²) in [4.78, 5) is 22.8. The molecular weight excluding hydrogens is 314 g/mol. The predicted molar refractivity (Wildman–Crippen MR) is 74.0 cm³/mol. The lowest BCUT2D eigenvalue weighted by atomic mass is 9.92. The first-order valence-electron chi connectivity index (χ1n) is 5.63. The fourth-order valence-electron chi connectivity index (χ4n) is 1.38. The highest BCUT2D eigenvalue weighted by molar-refractivity contribution is 9.10. The first-order valence-corrected chi connectivity index (χ1v) is 6.42. The zero-order chi connectivity index (χ0) is 14.6. The minimum absolute atomic E-state index is 0.207. The largest absolute Gasteiger partial charge is 0.496 e. The van der Waals surface area contributed by atoms with Gasteiger partial charge in [-0.2, -0.15) is 0 Å². The molecule has 0 saturated carbocycles. The molecule has 6 heteroatoms. The highest BCUT2D eigenvalue weighted by atomic mass is 79.9. The Morgan fingerprint density at radius 3 is 2.58 bits per heavy atom. The van der Waals surface area contributed by atoms with E-state index in [-0.39, 0.29) is 6.54 Å². The van der Waals surface area contributed by atoms with Crippen LogP contribution in [0.4, 0.5) is 0 Å². The molecule has 0 bridgehead atoms. The fraction of sp³-hybridized carbons (Fsp3) is 0.385. The maximum Gasteiger partial charge on any atom is 0.318 e. The normalized spacial score (nSPS) is 10.9. The highest BCUT2D eigenvalue weighted by Gasteiger charge is 2.35. The first-order chi connectivity index (χ1) is 8.78. The second kappa shape index (κ2) is 6.06. The molecule has 5 nitrogen and oxygen atoms in total. The van der Waals surface area contributed by atoms with Gasteiger partial charge < -0.3 is 15.2 Å². The summed E-state index contributed by atoms with van der Waals surface area (Å²) in [6.07, 6.45) is 0. The molecule has 0 fully saturated rings. The zero-order valence-electron chi connectivity index (χ0n) is 11.0. The number of ether oxygens (including phenoxy) is 1. The maximum absolute atomic E-state index is 11.8. The SMILES string of the molecule is COc1ccc(Br)cc1CNC(=O)C(C)(C)C(=O)O. The van der Waals surface area contributed by atoms with Crippen LogP contribution in [0.15, 0.2) is 22.7 Å². The number of benzene rings is 1. The number of nitrogens with one attached hydrogen (secondary N) is 1. The van der Waals surface area contributed by atoms with Crippen molar-refractivity contribution in [2.45, 2.75) is 20.4 Å². The van der Waals surface area contributed by atoms with Crippen LogP contribution in [0.2, 0.25) is 0 Å². The van der Waals surface area contributed by atoms with Crippen LogP contribution in [0.5, 0.6) is 5.75 Å². The van der Waals surface area contributed by atoms with Gasteiger partial charge in [0.25, 0.3) is 0 Å². The molecule has 0 saturated heterocycles. The number of aliphatic carboxylic acids is 1. The Morgan fingerprint density at radius 1 is 1.42 bits per heavy atom. The third-order valence-corrected chi connectivity index (χ3v) is 3.28. The highest BCUT2D eigenvalue weighted by Crippen LogP contribution is 2.23. The Labute approximate surface area is 120 Å². The van der Waals surface area contributed by atoms with E-state index in [4.69, 9.17) is 9.84 Å². The van der Waals surface area contributed by atoms with E-state index in [1.165, 1.54) is 21.0 Å². The number of rotatable bonds is 5. The summed E-state index contributed by atoms with van der Waals surface area (Å²) < 4.78 is 6.03. The van der Waals surface area contributed by atoms with Gasteiger partial charge >= 0.3 is 5.97 Å². The van der Waals surface area contributed by atoms with Gasteiger partial charge in [-0.15, -0.1) is 0 Å². The van der Waals surface area contributed by atoms with Crippen LogP contribution in [0.25, 0.3) is 0 Å². The number of hydrogen-bond donors (Lipinski definition) is 2. The van der Waals surface area contributed by atoms with Crippen LogP contribution < -0.4 is 10.1 Å². The summed E-state index contributed by atoms with van der Waals surface area (Å²) in [6, 6.07) is 5.41. The Morgan fingerprint density at radius 2 is 2.05 bits per heavy atom.